The van der Waals surface area contributed by atoms with Gasteiger partial charge in [-0.25, -0.2) is 21.9 Å². The molecule has 3 aromatic rings. The summed E-state index contributed by atoms with van der Waals surface area (Å²) in [5.74, 6) is -0.365. The molecular weight excluding hydrogens is 462 g/mol. The van der Waals surface area contributed by atoms with Crippen molar-refractivity contribution in [3.63, 3.8) is 0 Å². The number of ether oxygens (including phenoxy) is 1. The van der Waals surface area contributed by atoms with Crippen LogP contribution in [0.3, 0.4) is 0 Å². The van der Waals surface area contributed by atoms with E-state index in [-0.39, 0.29) is 41.4 Å². The van der Waals surface area contributed by atoms with Crippen molar-refractivity contribution < 1.29 is 21.9 Å². The number of halogens is 2. The summed E-state index contributed by atoms with van der Waals surface area (Å²) in [7, 11) is -0.213. The van der Waals surface area contributed by atoms with E-state index in [0.717, 1.165) is 29.7 Å². The second kappa shape index (κ2) is 10.2. The Morgan fingerprint density at radius 2 is 2.06 bits per heavy atom. The largest absolute Gasteiger partial charge is 0.489 e. The van der Waals surface area contributed by atoms with Crippen LogP contribution in [-0.4, -0.2) is 44.9 Å². The lowest BCUT2D eigenvalue weighted by molar-refractivity contribution is 0.305. The molecule has 1 aliphatic carbocycles. The number of nitrogens with zero attached hydrogens (tertiary/aromatic N) is 2. The van der Waals surface area contributed by atoms with Gasteiger partial charge in [-0.15, -0.1) is 0 Å². The predicted molar refractivity (Wildman–Crippen MR) is 124 cm³/mol. The molecule has 1 aliphatic rings. The summed E-state index contributed by atoms with van der Waals surface area (Å²) >= 11 is 0. The number of hydrogen-bond acceptors (Lipinski definition) is 5. The maximum absolute atomic E-state index is 14.8. The quantitative estimate of drug-likeness (QED) is 0.427. The highest BCUT2D eigenvalue weighted by atomic mass is 32.2. The third kappa shape index (κ3) is 5.45. The van der Waals surface area contributed by atoms with Crippen LogP contribution < -0.4 is 14.8 Å². The van der Waals surface area contributed by atoms with E-state index in [9.17, 15) is 17.2 Å². The molecule has 0 saturated heterocycles. The molecule has 0 fully saturated rings. The van der Waals surface area contributed by atoms with Crippen LogP contribution in [0.2, 0.25) is 0 Å². The lowest BCUT2D eigenvalue weighted by Crippen LogP contribution is -2.28. The molecule has 0 spiro atoms. The van der Waals surface area contributed by atoms with Gasteiger partial charge in [0, 0.05) is 19.8 Å². The van der Waals surface area contributed by atoms with Gasteiger partial charge in [0.05, 0.1) is 6.20 Å². The normalized spacial score (nSPS) is 17.6. The lowest BCUT2D eigenvalue weighted by Gasteiger charge is -2.21. The molecule has 4 rings (SSSR count). The van der Waals surface area contributed by atoms with Crippen molar-refractivity contribution in [1.82, 2.24) is 19.8 Å². The molecule has 0 aliphatic heterocycles. The van der Waals surface area contributed by atoms with Crippen molar-refractivity contribution in [1.29, 1.82) is 0 Å². The minimum absolute atomic E-state index is 0.0249. The van der Waals surface area contributed by atoms with Crippen LogP contribution in [0, 0.1) is 17.6 Å². The van der Waals surface area contributed by atoms with Crippen molar-refractivity contribution in [2.45, 2.75) is 23.7 Å². The van der Waals surface area contributed by atoms with Crippen molar-refractivity contribution in [3.8, 4) is 5.75 Å². The van der Waals surface area contributed by atoms with Crippen molar-refractivity contribution in [3.05, 3.63) is 77.1 Å². The van der Waals surface area contributed by atoms with Crippen LogP contribution in [-0.2, 0) is 29.9 Å². The number of sulfonamides is 1. The van der Waals surface area contributed by atoms with E-state index in [1.165, 1.54) is 35.3 Å². The molecule has 34 heavy (non-hydrogen) atoms. The smallest absolute Gasteiger partial charge is 0.243 e. The Kier molecular flexibility index (Phi) is 7.30. The number of nitrogens with one attached hydrogen (secondary N) is 2. The zero-order valence-corrected chi connectivity index (χ0v) is 19.9. The summed E-state index contributed by atoms with van der Waals surface area (Å²) < 4.78 is 62.5. The van der Waals surface area contributed by atoms with Gasteiger partial charge in [0.25, 0.3) is 0 Å². The van der Waals surface area contributed by atoms with E-state index in [1.54, 1.807) is 19.2 Å². The summed E-state index contributed by atoms with van der Waals surface area (Å²) in [4.78, 5) is 0.0504. The predicted octanol–water partition coefficient (Wildman–Crippen LogP) is 2.77. The van der Waals surface area contributed by atoms with Gasteiger partial charge < -0.3 is 10.1 Å². The molecule has 0 amide bonds. The molecule has 0 bridgehead atoms. The lowest BCUT2D eigenvalue weighted by atomic mass is 9.86. The second-order valence-electron chi connectivity index (χ2n) is 8.54. The zero-order valence-electron chi connectivity index (χ0n) is 19.1. The molecule has 1 heterocycles. The average molecular weight is 491 g/mol. The highest BCUT2D eigenvalue weighted by Gasteiger charge is 2.33. The Morgan fingerprint density at radius 3 is 2.76 bits per heavy atom. The van der Waals surface area contributed by atoms with Crippen LogP contribution in [0.15, 0.2) is 53.7 Å². The van der Waals surface area contributed by atoms with E-state index in [4.69, 9.17) is 4.74 Å². The Morgan fingerprint density at radius 1 is 1.24 bits per heavy atom. The summed E-state index contributed by atoms with van der Waals surface area (Å²) in [6, 6.07) is 9.75. The highest BCUT2D eigenvalue weighted by Crippen LogP contribution is 2.42. The standard InChI is InChI=1S/C24H28F2N4O3S/c1-27-13-18-10-17-11-23(26)24(12-22(17)21(18)9-16-4-3-5-19(25)8-16)33-7-6-29-34(31,32)20-14-28-30(2)15-20/h3-5,8,11-12,14-15,18,21,27,29H,6-7,9-10,13H2,1-2H3. The minimum atomic E-state index is -3.72. The van der Waals surface area contributed by atoms with Gasteiger partial charge in [0.1, 0.15) is 17.3 Å². The summed E-state index contributed by atoms with van der Waals surface area (Å²) in [6.07, 6.45) is 4.00. The van der Waals surface area contributed by atoms with Crippen LogP contribution in [0.4, 0.5) is 8.78 Å². The van der Waals surface area contributed by atoms with Crippen LogP contribution in [0.25, 0.3) is 0 Å². The number of fused-ring (bicyclic) bond motifs is 1. The molecule has 1 aromatic heterocycles. The molecule has 2 unspecified atom stereocenters. The van der Waals surface area contributed by atoms with Gasteiger partial charge >= 0.3 is 0 Å². The number of aryl methyl sites for hydroxylation is 1. The van der Waals surface area contributed by atoms with E-state index in [2.05, 4.69) is 15.1 Å². The second-order valence-corrected chi connectivity index (χ2v) is 10.3. The molecule has 2 atom stereocenters. The van der Waals surface area contributed by atoms with Crippen molar-refractivity contribution in [2.75, 3.05) is 26.7 Å². The number of benzene rings is 2. The first-order chi connectivity index (χ1) is 16.3. The van der Waals surface area contributed by atoms with Gasteiger partial charge in [0.15, 0.2) is 11.6 Å². The average Bonchev–Trinajstić information content (AvgIpc) is 3.36. The molecule has 2 N–H and O–H groups in total. The summed E-state index contributed by atoms with van der Waals surface area (Å²) in [5.41, 5.74) is 2.79. The fourth-order valence-corrected chi connectivity index (χ4v) is 5.55. The maximum atomic E-state index is 14.8. The first-order valence-corrected chi connectivity index (χ1v) is 12.6. The van der Waals surface area contributed by atoms with E-state index in [0.29, 0.717) is 6.42 Å². The van der Waals surface area contributed by atoms with Crippen molar-refractivity contribution in [2.24, 2.45) is 13.0 Å². The molecule has 0 saturated carbocycles. The van der Waals surface area contributed by atoms with Crippen molar-refractivity contribution >= 4 is 10.0 Å². The Hall–Kier alpha value is -2.82. The topological polar surface area (TPSA) is 85.2 Å². The third-order valence-electron chi connectivity index (χ3n) is 6.10. The highest BCUT2D eigenvalue weighted by molar-refractivity contribution is 7.89. The Bertz CT molecular complexity index is 1260. The minimum Gasteiger partial charge on any atom is -0.489 e. The van der Waals surface area contributed by atoms with Gasteiger partial charge in [-0.05, 0) is 79.2 Å². The van der Waals surface area contributed by atoms with E-state index < -0.39 is 15.8 Å². The number of aromatic nitrogens is 2. The van der Waals surface area contributed by atoms with Gasteiger partial charge in [-0.1, -0.05) is 12.1 Å². The Balaban J connectivity index is 1.46. The molecule has 7 nitrogen and oxygen atoms in total. The molecule has 2 aromatic carbocycles. The SMILES string of the molecule is CNCC1Cc2cc(F)c(OCCNS(=O)(=O)c3cnn(C)c3)cc2C1Cc1cccc(F)c1. The van der Waals surface area contributed by atoms with Crippen LogP contribution in [0.1, 0.15) is 22.6 Å². The van der Waals surface area contributed by atoms with Crippen LogP contribution in [0.5, 0.6) is 5.75 Å². The van der Waals surface area contributed by atoms with E-state index in [1.807, 2.05) is 13.1 Å². The monoisotopic (exact) mass is 490 g/mol. The fourth-order valence-electron chi connectivity index (χ4n) is 4.55. The molecular formula is C24H28F2N4O3S. The summed E-state index contributed by atoms with van der Waals surface area (Å²) in [5, 5.41) is 7.06. The number of rotatable bonds is 10. The number of hydrogen-bond donors (Lipinski definition) is 2. The fraction of sp³-hybridized carbons (Fsp3) is 0.375. The summed E-state index contributed by atoms with van der Waals surface area (Å²) in [6.45, 7) is 0.690. The first-order valence-electron chi connectivity index (χ1n) is 11.1. The van der Waals surface area contributed by atoms with Gasteiger partial charge in [-0.3, -0.25) is 4.68 Å². The van der Waals surface area contributed by atoms with E-state index >= 15 is 0 Å². The molecule has 0 radical (unpaired) electrons. The molecule has 10 heteroatoms. The third-order valence-corrected chi connectivity index (χ3v) is 7.51. The molecule has 182 valence electrons. The van der Waals surface area contributed by atoms with Crippen LogP contribution >= 0.6 is 0 Å². The van der Waals surface area contributed by atoms with Gasteiger partial charge in [-0.2, -0.15) is 5.10 Å². The Labute approximate surface area is 198 Å². The maximum Gasteiger partial charge on any atom is 0.243 e. The van der Waals surface area contributed by atoms with Gasteiger partial charge in [0.2, 0.25) is 10.0 Å². The first kappa shape index (κ1) is 24.3. The zero-order chi connectivity index (χ0) is 24.3.